The number of aromatic amines is 1. The molecule has 0 bridgehead atoms. The van der Waals surface area contributed by atoms with E-state index < -0.39 is 0 Å². The Morgan fingerprint density at radius 3 is 2.30 bits per heavy atom. The van der Waals surface area contributed by atoms with Crippen molar-refractivity contribution in [2.75, 3.05) is 11.4 Å². The molecule has 4 aromatic rings. The van der Waals surface area contributed by atoms with E-state index in [9.17, 15) is 0 Å². The molecule has 0 radical (unpaired) electrons. The summed E-state index contributed by atoms with van der Waals surface area (Å²) in [5, 5.41) is 11.7. The zero-order valence-corrected chi connectivity index (χ0v) is 17.6. The predicted molar refractivity (Wildman–Crippen MR) is 125 cm³/mol. The molecule has 0 amide bonds. The monoisotopic (exact) mass is 413 g/mol. The van der Waals surface area contributed by atoms with Gasteiger partial charge in [-0.3, -0.25) is 0 Å². The lowest BCUT2D eigenvalue weighted by atomic mass is 10.1. The van der Waals surface area contributed by atoms with Crippen molar-refractivity contribution in [1.82, 2.24) is 14.9 Å². The highest BCUT2D eigenvalue weighted by Crippen LogP contribution is 2.19. The molecule has 0 unspecified atom stereocenters. The average molecular weight is 414 g/mol. The Balaban J connectivity index is 1.52. The second kappa shape index (κ2) is 9.33. The van der Waals surface area contributed by atoms with E-state index in [1.54, 1.807) is 10.9 Å². The molecule has 0 saturated heterocycles. The van der Waals surface area contributed by atoms with Crippen molar-refractivity contribution in [2.45, 2.75) is 13.5 Å². The van der Waals surface area contributed by atoms with E-state index in [-0.39, 0.29) is 0 Å². The second-order valence-electron chi connectivity index (χ2n) is 6.87. The number of H-pyrrole nitrogens is 1. The van der Waals surface area contributed by atoms with Crippen LogP contribution >= 0.6 is 12.2 Å². The van der Waals surface area contributed by atoms with Crippen LogP contribution in [-0.2, 0) is 6.54 Å². The van der Waals surface area contributed by atoms with Gasteiger partial charge in [0.25, 0.3) is 0 Å². The van der Waals surface area contributed by atoms with Crippen LogP contribution in [0.15, 0.2) is 90.0 Å². The summed E-state index contributed by atoms with van der Waals surface area (Å²) >= 11 is 5.35. The smallest absolute Gasteiger partial charge is 0.216 e. The van der Waals surface area contributed by atoms with Crippen molar-refractivity contribution in [3.63, 3.8) is 0 Å². The van der Waals surface area contributed by atoms with Crippen LogP contribution < -0.4 is 4.90 Å². The molecular formula is C24H23N5S. The van der Waals surface area contributed by atoms with Gasteiger partial charge in [0.1, 0.15) is 0 Å². The minimum atomic E-state index is 0.460. The molecule has 0 fully saturated rings. The maximum Gasteiger partial charge on any atom is 0.216 e. The molecule has 0 spiro atoms. The standard InChI is InChI=1S/C24H23N5S/c1-2-28(18-20-9-5-3-6-10-20)22-15-13-19(14-16-22)17-25-29-23(26-27-24(29)30)21-11-7-4-8-12-21/h3-17H,2,18H2,1H3,(H,27,30)/b25-17-. The van der Waals surface area contributed by atoms with Crippen molar-refractivity contribution >= 4 is 24.1 Å². The fourth-order valence-electron chi connectivity index (χ4n) is 3.26. The molecule has 150 valence electrons. The van der Waals surface area contributed by atoms with Gasteiger partial charge in [0.15, 0.2) is 5.82 Å². The third-order valence-electron chi connectivity index (χ3n) is 4.86. The first-order valence-corrected chi connectivity index (χ1v) is 10.3. The molecule has 30 heavy (non-hydrogen) atoms. The summed E-state index contributed by atoms with van der Waals surface area (Å²) in [4.78, 5) is 2.34. The van der Waals surface area contributed by atoms with Crippen molar-refractivity contribution in [3.8, 4) is 11.4 Å². The van der Waals surface area contributed by atoms with Crippen LogP contribution in [0, 0.1) is 4.77 Å². The minimum Gasteiger partial charge on any atom is -0.367 e. The quantitative estimate of drug-likeness (QED) is 0.321. The second-order valence-corrected chi connectivity index (χ2v) is 7.25. The van der Waals surface area contributed by atoms with Crippen LogP contribution in [0.4, 0.5) is 5.69 Å². The number of aromatic nitrogens is 3. The molecule has 5 nitrogen and oxygen atoms in total. The van der Waals surface area contributed by atoms with Crippen LogP contribution in [0.3, 0.4) is 0 Å². The molecule has 1 N–H and O–H groups in total. The van der Waals surface area contributed by atoms with Crippen molar-refractivity contribution in [2.24, 2.45) is 5.10 Å². The number of rotatable bonds is 7. The zero-order valence-electron chi connectivity index (χ0n) is 16.8. The van der Waals surface area contributed by atoms with Crippen LogP contribution in [0.1, 0.15) is 18.1 Å². The molecule has 1 heterocycles. The van der Waals surface area contributed by atoms with E-state index in [1.807, 2.05) is 36.4 Å². The highest BCUT2D eigenvalue weighted by atomic mass is 32.1. The Morgan fingerprint density at radius 2 is 1.63 bits per heavy atom. The van der Waals surface area contributed by atoms with E-state index in [1.165, 1.54) is 11.3 Å². The third-order valence-corrected chi connectivity index (χ3v) is 5.13. The van der Waals surface area contributed by atoms with E-state index in [4.69, 9.17) is 12.2 Å². The fraction of sp³-hybridized carbons (Fsp3) is 0.125. The highest BCUT2D eigenvalue weighted by Gasteiger charge is 2.08. The van der Waals surface area contributed by atoms with Gasteiger partial charge in [-0.05, 0) is 42.4 Å². The maximum absolute atomic E-state index is 5.35. The number of anilines is 1. The third kappa shape index (κ3) is 4.55. The lowest BCUT2D eigenvalue weighted by Crippen LogP contribution is -2.21. The van der Waals surface area contributed by atoms with Gasteiger partial charge in [0, 0.05) is 24.3 Å². The molecule has 0 aliphatic heterocycles. The fourth-order valence-corrected chi connectivity index (χ4v) is 3.44. The molecule has 0 aliphatic carbocycles. The molecule has 4 rings (SSSR count). The largest absolute Gasteiger partial charge is 0.367 e. The molecule has 0 atom stereocenters. The first-order valence-electron chi connectivity index (χ1n) is 9.90. The summed E-state index contributed by atoms with van der Waals surface area (Å²) < 4.78 is 2.11. The van der Waals surface area contributed by atoms with Crippen LogP contribution in [0.5, 0.6) is 0 Å². The normalized spacial score (nSPS) is 11.1. The summed E-state index contributed by atoms with van der Waals surface area (Å²) in [7, 11) is 0. The number of hydrogen-bond donors (Lipinski definition) is 1. The molecule has 3 aromatic carbocycles. The molecule has 0 saturated carbocycles. The van der Waals surface area contributed by atoms with Gasteiger partial charge in [0.05, 0.1) is 6.21 Å². The summed E-state index contributed by atoms with van der Waals surface area (Å²) in [5.41, 5.74) is 4.43. The van der Waals surface area contributed by atoms with Gasteiger partial charge in [-0.15, -0.1) is 0 Å². The first kappa shape index (κ1) is 19.8. The lowest BCUT2D eigenvalue weighted by Gasteiger charge is -2.23. The molecule has 1 aromatic heterocycles. The Morgan fingerprint density at radius 1 is 0.967 bits per heavy atom. The van der Waals surface area contributed by atoms with Gasteiger partial charge in [0.2, 0.25) is 4.77 Å². The Bertz CT molecular complexity index is 1160. The van der Waals surface area contributed by atoms with E-state index in [2.05, 4.69) is 75.7 Å². The van der Waals surface area contributed by atoms with Crippen molar-refractivity contribution in [3.05, 3.63) is 101 Å². The van der Waals surface area contributed by atoms with Gasteiger partial charge >= 0.3 is 0 Å². The molecular weight excluding hydrogens is 390 g/mol. The maximum atomic E-state index is 5.35. The molecule has 0 aliphatic rings. The SMILES string of the molecule is CCN(Cc1ccccc1)c1ccc(/C=N\n2c(-c3ccccc3)n[nH]c2=S)cc1. The summed E-state index contributed by atoms with van der Waals surface area (Å²) in [6.07, 6.45) is 1.80. The van der Waals surface area contributed by atoms with Gasteiger partial charge in [-0.1, -0.05) is 72.8 Å². The van der Waals surface area contributed by atoms with Crippen molar-refractivity contribution < 1.29 is 0 Å². The zero-order chi connectivity index (χ0) is 20.8. The van der Waals surface area contributed by atoms with E-state index in [0.29, 0.717) is 10.6 Å². The van der Waals surface area contributed by atoms with Gasteiger partial charge in [-0.2, -0.15) is 14.9 Å². The number of hydrogen-bond acceptors (Lipinski definition) is 4. The van der Waals surface area contributed by atoms with Crippen LogP contribution in [-0.4, -0.2) is 27.6 Å². The summed E-state index contributed by atoms with van der Waals surface area (Å²) in [5.74, 6) is 0.688. The first-order chi connectivity index (χ1) is 14.7. The average Bonchev–Trinajstić information content (AvgIpc) is 3.18. The van der Waals surface area contributed by atoms with Gasteiger partial charge in [-0.25, -0.2) is 5.10 Å². The minimum absolute atomic E-state index is 0.460. The number of nitrogens with zero attached hydrogens (tertiary/aromatic N) is 4. The lowest BCUT2D eigenvalue weighted by molar-refractivity contribution is 0.832. The summed E-state index contributed by atoms with van der Waals surface area (Å²) in [6.45, 7) is 3.99. The number of benzene rings is 3. The van der Waals surface area contributed by atoms with Crippen molar-refractivity contribution in [1.29, 1.82) is 0 Å². The predicted octanol–water partition coefficient (Wildman–Crippen LogP) is 5.52. The van der Waals surface area contributed by atoms with Crippen LogP contribution in [0.25, 0.3) is 11.4 Å². The van der Waals surface area contributed by atoms with Crippen LogP contribution in [0.2, 0.25) is 0 Å². The Kier molecular flexibility index (Phi) is 6.15. The Hall–Kier alpha value is -3.51. The highest BCUT2D eigenvalue weighted by molar-refractivity contribution is 7.71. The summed E-state index contributed by atoms with van der Waals surface area (Å²) in [6, 6.07) is 28.8. The number of nitrogens with one attached hydrogen (secondary N) is 1. The molecule has 6 heteroatoms. The van der Waals surface area contributed by atoms with E-state index >= 15 is 0 Å². The van der Waals surface area contributed by atoms with Gasteiger partial charge < -0.3 is 4.90 Å². The Labute approximate surface area is 181 Å². The topological polar surface area (TPSA) is 49.2 Å². The van der Waals surface area contributed by atoms with E-state index in [0.717, 1.165) is 24.2 Å².